The number of nitro benzene ring substituents is 1. The van der Waals surface area contributed by atoms with Crippen molar-refractivity contribution in [1.29, 1.82) is 0 Å². The third-order valence-electron chi connectivity index (χ3n) is 2.81. The van der Waals surface area contributed by atoms with Gasteiger partial charge in [0.1, 0.15) is 0 Å². The van der Waals surface area contributed by atoms with E-state index in [4.69, 9.17) is 4.42 Å². The number of Topliss-reactive ketones (excluding diaryl/α,β-unsaturated/α-hetero) is 1. The lowest BCUT2D eigenvalue weighted by Crippen LogP contribution is -2.25. The lowest BCUT2D eigenvalue weighted by molar-refractivity contribution is -0.384. The number of alkyl halides is 3. The van der Waals surface area contributed by atoms with Crippen molar-refractivity contribution in [2.75, 3.05) is 19.0 Å². The van der Waals surface area contributed by atoms with Crippen LogP contribution in [0.4, 0.5) is 24.7 Å². The number of anilines is 1. The summed E-state index contributed by atoms with van der Waals surface area (Å²) >= 11 is 0. The van der Waals surface area contributed by atoms with E-state index in [1.165, 1.54) is 31.1 Å². The predicted molar refractivity (Wildman–Crippen MR) is 73.3 cm³/mol. The highest BCUT2D eigenvalue weighted by Crippen LogP contribution is 2.32. The van der Waals surface area contributed by atoms with Gasteiger partial charge in [-0.05, 0) is 12.1 Å². The molecule has 0 atom stereocenters. The Morgan fingerprint density at radius 2 is 1.83 bits per heavy atom. The number of hydrogen-bond donors (Lipinski definition) is 0. The van der Waals surface area contributed by atoms with Gasteiger partial charge in [-0.15, -0.1) is 0 Å². The molecule has 2 aromatic rings. The number of rotatable bonds is 4. The largest absolute Gasteiger partial charge is 0.456 e. The van der Waals surface area contributed by atoms with Gasteiger partial charge in [0.2, 0.25) is 11.8 Å². The molecule has 0 radical (unpaired) electrons. The molecular formula is C13H10F3N3O4. The van der Waals surface area contributed by atoms with Crippen molar-refractivity contribution >= 4 is 17.4 Å². The zero-order valence-electron chi connectivity index (χ0n) is 11.9. The van der Waals surface area contributed by atoms with Gasteiger partial charge in [0.05, 0.1) is 4.92 Å². The molecule has 0 unspecified atom stereocenters. The van der Waals surface area contributed by atoms with Crippen molar-refractivity contribution < 1.29 is 27.3 Å². The van der Waals surface area contributed by atoms with Crippen molar-refractivity contribution in [3.05, 3.63) is 40.1 Å². The number of non-ortho nitro benzene ring substituents is 1. The zero-order valence-corrected chi connectivity index (χ0v) is 11.9. The Hall–Kier alpha value is -2.91. The Kier molecular flexibility index (Phi) is 4.08. The predicted octanol–water partition coefficient (Wildman–Crippen LogP) is 3.06. The molecule has 0 aliphatic rings. The van der Waals surface area contributed by atoms with Gasteiger partial charge in [-0.2, -0.15) is 13.2 Å². The topological polar surface area (TPSA) is 89.5 Å². The van der Waals surface area contributed by atoms with E-state index in [-0.39, 0.29) is 23.0 Å². The Balaban J connectivity index is 2.49. The molecular weight excluding hydrogens is 319 g/mol. The molecule has 1 aromatic carbocycles. The summed E-state index contributed by atoms with van der Waals surface area (Å²) in [6.45, 7) is 0. The van der Waals surface area contributed by atoms with E-state index in [9.17, 15) is 28.1 Å². The fourth-order valence-electron chi connectivity index (χ4n) is 1.75. The maximum atomic E-state index is 12.6. The monoisotopic (exact) mass is 329 g/mol. The summed E-state index contributed by atoms with van der Waals surface area (Å²) in [5.41, 5.74) is -0.851. The van der Waals surface area contributed by atoms with E-state index >= 15 is 0 Å². The van der Waals surface area contributed by atoms with Gasteiger partial charge in [-0.1, -0.05) is 0 Å². The third kappa shape index (κ3) is 3.30. The summed E-state index contributed by atoms with van der Waals surface area (Å²) in [6, 6.07) is 4.84. The molecule has 7 nitrogen and oxygen atoms in total. The maximum Gasteiger partial charge on any atom is 0.456 e. The van der Waals surface area contributed by atoms with E-state index in [2.05, 4.69) is 4.98 Å². The molecule has 122 valence electrons. The second-order valence-corrected chi connectivity index (χ2v) is 4.70. The quantitative estimate of drug-likeness (QED) is 0.486. The van der Waals surface area contributed by atoms with Crippen LogP contribution >= 0.6 is 0 Å². The van der Waals surface area contributed by atoms with Gasteiger partial charge >= 0.3 is 6.18 Å². The number of benzene rings is 1. The molecule has 0 spiro atoms. The van der Waals surface area contributed by atoms with Gasteiger partial charge in [-0.25, -0.2) is 4.98 Å². The maximum absolute atomic E-state index is 12.6. The summed E-state index contributed by atoms with van der Waals surface area (Å²) in [6.07, 6.45) is -5.09. The highest BCUT2D eigenvalue weighted by atomic mass is 19.4. The van der Waals surface area contributed by atoms with E-state index in [0.717, 1.165) is 12.1 Å². The Bertz CT molecular complexity index is 751. The number of carbonyl (C=O) groups excluding carboxylic acids is 1. The summed E-state index contributed by atoms with van der Waals surface area (Å²) in [5, 5.41) is 10.6. The number of nitrogens with zero attached hydrogens (tertiary/aromatic N) is 3. The minimum atomic E-state index is -5.09. The van der Waals surface area contributed by atoms with Crippen molar-refractivity contribution in [2.45, 2.75) is 6.18 Å². The van der Waals surface area contributed by atoms with Crippen LogP contribution in [-0.2, 0) is 0 Å². The van der Waals surface area contributed by atoms with E-state index in [1.54, 1.807) is 0 Å². The normalized spacial score (nSPS) is 11.3. The number of nitro groups is 1. The SMILES string of the molecule is CN(C)c1oc(-c2ccc([N+](=O)[O-])cc2)nc1C(=O)C(F)(F)F. The van der Waals surface area contributed by atoms with Crippen LogP contribution in [0.15, 0.2) is 28.7 Å². The molecule has 0 bridgehead atoms. The molecule has 0 saturated heterocycles. The fraction of sp³-hybridized carbons (Fsp3) is 0.231. The molecule has 0 aliphatic heterocycles. The van der Waals surface area contributed by atoms with Gasteiger partial charge in [-0.3, -0.25) is 14.9 Å². The van der Waals surface area contributed by atoms with E-state index < -0.39 is 22.6 Å². The van der Waals surface area contributed by atoms with Gasteiger partial charge in [0.25, 0.3) is 11.5 Å². The summed E-state index contributed by atoms with van der Waals surface area (Å²) in [5.74, 6) is -2.71. The fourth-order valence-corrected chi connectivity index (χ4v) is 1.75. The molecule has 23 heavy (non-hydrogen) atoms. The first kappa shape index (κ1) is 16.5. The molecule has 0 aliphatic carbocycles. The molecule has 10 heteroatoms. The minimum absolute atomic E-state index is 0.195. The lowest BCUT2D eigenvalue weighted by Gasteiger charge is -2.09. The summed E-state index contributed by atoms with van der Waals surface area (Å²) in [7, 11) is 2.79. The number of oxazole rings is 1. The van der Waals surface area contributed by atoms with Crippen molar-refractivity contribution in [3.8, 4) is 11.5 Å². The lowest BCUT2D eigenvalue weighted by atomic mass is 10.2. The average Bonchev–Trinajstić information content (AvgIpc) is 2.90. The number of aromatic nitrogens is 1. The number of ketones is 1. The van der Waals surface area contributed by atoms with Gasteiger partial charge < -0.3 is 9.32 Å². The van der Waals surface area contributed by atoms with Crippen LogP contribution in [0.1, 0.15) is 10.5 Å². The van der Waals surface area contributed by atoms with Crippen LogP contribution in [0.2, 0.25) is 0 Å². The van der Waals surface area contributed by atoms with Crippen molar-refractivity contribution in [1.82, 2.24) is 4.98 Å². The number of carbonyl (C=O) groups is 1. The van der Waals surface area contributed by atoms with Crippen LogP contribution in [0.5, 0.6) is 0 Å². The van der Waals surface area contributed by atoms with Crippen LogP contribution in [-0.4, -0.2) is 36.0 Å². The first-order valence-electron chi connectivity index (χ1n) is 6.15. The Morgan fingerprint density at radius 1 is 1.26 bits per heavy atom. The second kappa shape index (κ2) is 5.71. The van der Waals surface area contributed by atoms with Gasteiger partial charge in [0.15, 0.2) is 5.69 Å². The Labute approximate surface area is 127 Å². The molecule has 1 heterocycles. The zero-order chi connectivity index (χ0) is 17.4. The molecule has 0 fully saturated rings. The summed E-state index contributed by atoms with van der Waals surface area (Å²) in [4.78, 5) is 26.2. The van der Waals surface area contributed by atoms with Crippen LogP contribution in [0.25, 0.3) is 11.5 Å². The van der Waals surface area contributed by atoms with Crippen LogP contribution in [0, 0.1) is 10.1 Å². The van der Waals surface area contributed by atoms with Crippen molar-refractivity contribution in [3.63, 3.8) is 0 Å². The molecule has 0 saturated carbocycles. The van der Waals surface area contributed by atoms with Crippen LogP contribution in [0.3, 0.4) is 0 Å². The van der Waals surface area contributed by atoms with E-state index in [0.29, 0.717) is 0 Å². The third-order valence-corrected chi connectivity index (χ3v) is 2.81. The molecule has 0 amide bonds. The smallest absolute Gasteiger partial charge is 0.420 e. The highest BCUT2D eigenvalue weighted by Gasteiger charge is 2.43. The number of halogens is 3. The average molecular weight is 329 g/mol. The first-order valence-corrected chi connectivity index (χ1v) is 6.15. The standard InChI is InChI=1S/C13H10F3N3O4/c1-18(2)12-9(10(20)13(14,15)16)17-11(23-12)7-3-5-8(6-4-7)19(21)22/h3-6H,1-2H3. The van der Waals surface area contributed by atoms with Crippen molar-refractivity contribution in [2.24, 2.45) is 0 Å². The molecule has 2 rings (SSSR count). The summed E-state index contributed by atoms with van der Waals surface area (Å²) < 4.78 is 43.0. The highest BCUT2D eigenvalue weighted by molar-refractivity contribution is 6.02. The molecule has 0 N–H and O–H groups in total. The van der Waals surface area contributed by atoms with Crippen LogP contribution < -0.4 is 4.90 Å². The Morgan fingerprint density at radius 3 is 2.26 bits per heavy atom. The van der Waals surface area contributed by atoms with Gasteiger partial charge in [0, 0.05) is 31.8 Å². The first-order chi connectivity index (χ1) is 10.6. The minimum Gasteiger partial charge on any atom is -0.420 e. The molecule has 1 aromatic heterocycles. The van der Waals surface area contributed by atoms with E-state index in [1.807, 2.05) is 0 Å². The second-order valence-electron chi connectivity index (χ2n) is 4.70. The number of hydrogen-bond acceptors (Lipinski definition) is 6.